The van der Waals surface area contributed by atoms with E-state index in [1.807, 2.05) is 0 Å². The summed E-state index contributed by atoms with van der Waals surface area (Å²) in [6.07, 6.45) is 4.25. The van der Waals surface area contributed by atoms with E-state index >= 15 is 0 Å². The smallest absolute Gasteiger partial charge is 0.193 e. The lowest BCUT2D eigenvalue weighted by atomic mass is 10.1. The van der Waals surface area contributed by atoms with E-state index < -0.39 is 0 Å². The molecule has 0 bridgehead atoms. The number of hydrogen-bond donors (Lipinski definition) is 0. The van der Waals surface area contributed by atoms with Crippen LogP contribution in [0, 0.1) is 0 Å². The fourth-order valence-electron chi connectivity index (χ4n) is 3.60. The van der Waals surface area contributed by atoms with Crippen LogP contribution in [0.3, 0.4) is 0 Å². The number of nitrogens with zero attached hydrogens (tertiary/aromatic N) is 5. The lowest BCUT2D eigenvalue weighted by molar-refractivity contribution is -0.00455. The minimum absolute atomic E-state index is 0.690. The molecule has 2 aromatic rings. The Labute approximate surface area is 136 Å². The van der Waals surface area contributed by atoms with Gasteiger partial charge in [0.05, 0.1) is 5.69 Å². The Hall–Kier alpha value is -0.950. The molecule has 120 valence electrons. The zero-order valence-electron chi connectivity index (χ0n) is 13.5. The monoisotopic (exact) mass is 319 g/mol. The molecule has 0 unspecified atom stereocenters. The molecule has 2 aromatic heterocycles. The van der Waals surface area contributed by atoms with Gasteiger partial charge in [-0.25, -0.2) is 4.98 Å². The summed E-state index contributed by atoms with van der Waals surface area (Å²) < 4.78 is 2.13. The van der Waals surface area contributed by atoms with Crippen molar-refractivity contribution in [1.29, 1.82) is 0 Å². The maximum Gasteiger partial charge on any atom is 0.193 e. The first-order valence-electron chi connectivity index (χ1n) is 8.30. The van der Waals surface area contributed by atoms with Crippen molar-refractivity contribution in [2.24, 2.45) is 0 Å². The number of thiazole rings is 1. The highest BCUT2D eigenvalue weighted by Crippen LogP contribution is 2.20. The Balaban J connectivity index is 1.25. The summed E-state index contributed by atoms with van der Waals surface area (Å²) in [5.41, 5.74) is 1.20. The molecular weight excluding hydrogens is 294 g/mol. The number of hydrogen-bond acceptors (Lipinski definition) is 5. The first kappa shape index (κ1) is 14.6. The maximum absolute atomic E-state index is 4.68. The quantitative estimate of drug-likeness (QED) is 0.855. The van der Waals surface area contributed by atoms with Crippen molar-refractivity contribution in [3.8, 4) is 0 Å². The third-order valence-corrected chi connectivity index (χ3v) is 5.83. The number of likely N-dealkylation sites (tertiary alicyclic amines) is 1. The highest BCUT2D eigenvalue weighted by molar-refractivity contribution is 7.15. The zero-order valence-corrected chi connectivity index (χ0v) is 14.3. The number of aromatic nitrogens is 2. The Morgan fingerprint density at radius 1 is 1.23 bits per heavy atom. The van der Waals surface area contributed by atoms with Crippen LogP contribution in [0.15, 0.2) is 17.8 Å². The molecule has 4 rings (SSSR count). The van der Waals surface area contributed by atoms with E-state index in [4.69, 9.17) is 0 Å². The molecule has 0 amide bonds. The van der Waals surface area contributed by atoms with Gasteiger partial charge in [0.15, 0.2) is 4.96 Å². The van der Waals surface area contributed by atoms with Crippen molar-refractivity contribution < 1.29 is 0 Å². The van der Waals surface area contributed by atoms with E-state index in [1.165, 1.54) is 45.0 Å². The average molecular weight is 319 g/mol. The number of fused-ring (bicyclic) bond motifs is 1. The van der Waals surface area contributed by atoms with Gasteiger partial charge in [0.25, 0.3) is 0 Å². The molecule has 0 spiro atoms. The third kappa shape index (κ3) is 2.80. The lowest BCUT2D eigenvalue weighted by Crippen LogP contribution is -2.63. The normalized spacial score (nSPS) is 22.7. The van der Waals surface area contributed by atoms with Gasteiger partial charge in [-0.3, -0.25) is 19.1 Å². The second-order valence-electron chi connectivity index (χ2n) is 6.84. The molecular formula is C16H25N5S. The molecule has 5 nitrogen and oxygen atoms in total. The van der Waals surface area contributed by atoms with Gasteiger partial charge < -0.3 is 0 Å². The summed E-state index contributed by atoms with van der Waals surface area (Å²) in [5, 5.41) is 2.09. The first-order valence-corrected chi connectivity index (χ1v) is 9.18. The highest BCUT2D eigenvalue weighted by Gasteiger charge is 2.33. The number of rotatable bonds is 4. The SMILES string of the molecule is CC(C)N1CCN(C2CN(Cc3cn4ccsc4n3)C2)CC1. The summed E-state index contributed by atoms with van der Waals surface area (Å²) in [6, 6.07) is 1.45. The van der Waals surface area contributed by atoms with E-state index in [1.54, 1.807) is 11.3 Å². The van der Waals surface area contributed by atoms with Gasteiger partial charge in [0.1, 0.15) is 0 Å². The van der Waals surface area contributed by atoms with Gasteiger partial charge in [-0.1, -0.05) is 0 Å². The minimum Gasteiger partial charge on any atom is -0.298 e. The maximum atomic E-state index is 4.68. The number of imidazole rings is 1. The van der Waals surface area contributed by atoms with Gasteiger partial charge in [-0.2, -0.15) is 0 Å². The fourth-order valence-corrected chi connectivity index (χ4v) is 4.32. The van der Waals surface area contributed by atoms with Crippen LogP contribution in [0.2, 0.25) is 0 Å². The van der Waals surface area contributed by atoms with Crippen LogP contribution in [-0.2, 0) is 6.54 Å². The molecule has 2 aliphatic heterocycles. The van der Waals surface area contributed by atoms with E-state index in [0.717, 1.165) is 17.5 Å². The summed E-state index contributed by atoms with van der Waals surface area (Å²) >= 11 is 1.71. The zero-order chi connectivity index (χ0) is 15.1. The molecule has 2 aliphatic rings. The summed E-state index contributed by atoms with van der Waals surface area (Å²) in [4.78, 5) is 13.6. The van der Waals surface area contributed by atoms with Crippen LogP contribution >= 0.6 is 11.3 Å². The van der Waals surface area contributed by atoms with Crippen LogP contribution < -0.4 is 0 Å². The van der Waals surface area contributed by atoms with Crippen LogP contribution in [0.4, 0.5) is 0 Å². The van der Waals surface area contributed by atoms with Gasteiger partial charge >= 0.3 is 0 Å². The average Bonchev–Trinajstić information content (AvgIpc) is 3.03. The molecule has 4 heterocycles. The summed E-state index contributed by atoms with van der Waals surface area (Å²) in [7, 11) is 0. The summed E-state index contributed by atoms with van der Waals surface area (Å²) in [5.74, 6) is 0. The first-order chi connectivity index (χ1) is 10.7. The van der Waals surface area contributed by atoms with Crippen molar-refractivity contribution in [3.63, 3.8) is 0 Å². The van der Waals surface area contributed by atoms with Crippen molar-refractivity contribution in [2.75, 3.05) is 39.3 Å². The molecule has 0 radical (unpaired) electrons. The van der Waals surface area contributed by atoms with E-state index in [-0.39, 0.29) is 0 Å². The second-order valence-corrected chi connectivity index (χ2v) is 7.71. The second kappa shape index (κ2) is 5.92. The molecule has 2 fully saturated rings. The van der Waals surface area contributed by atoms with E-state index in [9.17, 15) is 0 Å². The van der Waals surface area contributed by atoms with Crippen LogP contribution in [0.1, 0.15) is 19.5 Å². The predicted octanol–water partition coefficient (Wildman–Crippen LogP) is 1.61. The van der Waals surface area contributed by atoms with Crippen molar-refractivity contribution in [3.05, 3.63) is 23.5 Å². The van der Waals surface area contributed by atoms with Crippen LogP contribution in [0.5, 0.6) is 0 Å². The Morgan fingerprint density at radius 2 is 2.00 bits per heavy atom. The van der Waals surface area contributed by atoms with Gasteiger partial charge in [-0.15, -0.1) is 11.3 Å². The molecule has 0 N–H and O–H groups in total. The van der Waals surface area contributed by atoms with Crippen LogP contribution in [0.25, 0.3) is 4.96 Å². The van der Waals surface area contributed by atoms with Crippen molar-refractivity contribution in [2.45, 2.75) is 32.5 Å². The Kier molecular flexibility index (Phi) is 3.94. The minimum atomic E-state index is 0.690. The van der Waals surface area contributed by atoms with Gasteiger partial charge in [0, 0.05) is 75.7 Å². The summed E-state index contributed by atoms with van der Waals surface area (Å²) in [6.45, 7) is 12.9. The van der Waals surface area contributed by atoms with Crippen molar-refractivity contribution in [1.82, 2.24) is 24.1 Å². The predicted molar refractivity (Wildman–Crippen MR) is 90.4 cm³/mol. The van der Waals surface area contributed by atoms with Crippen LogP contribution in [-0.4, -0.2) is 75.4 Å². The molecule has 0 aromatic carbocycles. The lowest BCUT2D eigenvalue weighted by Gasteiger charge is -2.48. The third-order valence-electron chi connectivity index (χ3n) is 5.06. The van der Waals surface area contributed by atoms with Gasteiger partial charge in [-0.05, 0) is 13.8 Å². The topological polar surface area (TPSA) is 27.0 Å². The molecule has 6 heteroatoms. The van der Waals surface area contributed by atoms with E-state index in [2.05, 4.69) is 55.7 Å². The van der Waals surface area contributed by atoms with E-state index in [0.29, 0.717) is 6.04 Å². The fraction of sp³-hybridized carbons (Fsp3) is 0.688. The molecule has 2 saturated heterocycles. The Morgan fingerprint density at radius 3 is 2.68 bits per heavy atom. The van der Waals surface area contributed by atoms with Crippen molar-refractivity contribution >= 4 is 16.3 Å². The van der Waals surface area contributed by atoms with Gasteiger partial charge in [0.2, 0.25) is 0 Å². The number of piperazine rings is 1. The molecule has 0 aliphatic carbocycles. The molecule has 0 saturated carbocycles. The Bertz CT molecular complexity index is 591. The molecule has 22 heavy (non-hydrogen) atoms. The highest BCUT2D eigenvalue weighted by atomic mass is 32.1. The molecule has 0 atom stereocenters. The standard InChI is InChI=1S/C16H25N5S/c1-13(2)19-3-5-20(6-4-19)15-11-18(12-15)9-14-10-21-7-8-22-16(21)17-14/h7-8,10,13,15H,3-6,9,11-12H2,1-2H3. The largest absolute Gasteiger partial charge is 0.298 e.